The molecule has 0 bridgehead atoms. The van der Waals surface area contributed by atoms with E-state index in [9.17, 15) is 32.7 Å². The summed E-state index contributed by atoms with van der Waals surface area (Å²) in [7, 11) is -4.02. The fourth-order valence-electron chi connectivity index (χ4n) is 2.64. The minimum Gasteiger partial charge on any atom is -0.481 e. The zero-order valence-electron chi connectivity index (χ0n) is 31.3. The Morgan fingerprint density at radius 3 is 1.05 bits per heavy atom. The van der Waals surface area contributed by atoms with Crippen molar-refractivity contribution in [1.29, 1.82) is 0 Å². The third kappa shape index (κ3) is 32.5. The maximum atomic E-state index is 11.1. The molecule has 1 aliphatic rings. The first-order valence-electron chi connectivity index (χ1n) is 16.6. The summed E-state index contributed by atoms with van der Waals surface area (Å²) in [4.78, 5) is 42.7. The number of carboxylic acid groups (broad SMARTS) is 1. The van der Waals surface area contributed by atoms with Gasteiger partial charge in [-0.15, -0.1) is 0 Å². The lowest BCUT2D eigenvalue weighted by atomic mass is 9.92. The lowest BCUT2D eigenvalue weighted by Gasteiger charge is -2.29. The van der Waals surface area contributed by atoms with Gasteiger partial charge < -0.3 is 44.8 Å². The number of thiol groups is 4. The Morgan fingerprint density at radius 2 is 0.875 bits per heavy atom. The number of rotatable bonds is 16. The highest BCUT2D eigenvalue weighted by molar-refractivity contribution is 7.85. The van der Waals surface area contributed by atoms with Crippen LogP contribution in [-0.4, -0.2) is 143 Å². The zero-order chi connectivity index (χ0) is 43.6. The van der Waals surface area contributed by atoms with Gasteiger partial charge in [-0.2, -0.15) is 58.9 Å². The smallest absolute Gasteiger partial charge is 0.315 e. The van der Waals surface area contributed by atoms with Crippen LogP contribution in [0.5, 0.6) is 0 Å². The third-order valence-corrected chi connectivity index (χ3v) is 8.34. The third-order valence-electron chi connectivity index (χ3n) is 6.43. The van der Waals surface area contributed by atoms with Gasteiger partial charge in [-0.1, -0.05) is 72.9 Å². The molecule has 0 atom stereocenters. The molecule has 2 aromatic rings. The number of hydrogen-bond acceptors (Lipinski definition) is 18. The number of hydrogen-bond donors (Lipinski definition) is 11. The SMILES string of the molecule is C1CC1.Cc1ccc(S(=O)(=O)O)cc1.Cc1ccccc1.O=C(CS)OCC(CO)(COC(=O)CS)COC(=O)CS.O=C(O)CS.OCC(CO)(CO)CO. The molecule has 1 fully saturated rings. The average molecular weight is 893 g/mol. The minimum atomic E-state index is -4.02. The summed E-state index contributed by atoms with van der Waals surface area (Å²) in [6, 6.07) is 16.2. The summed E-state index contributed by atoms with van der Waals surface area (Å²) in [5.74, 6) is -3.24. The molecule has 1 aliphatic carbocycles. The normalized spacial score (nSPS) is 11.3. The van der Waals surface area contributed by atoms with Crippen LogP contribution in [0.2, 0.25) is 0 Å². The van der Waals surface area contributed by atoms with Gasteiger partial charge in [0.2, 0.25) is 0 Å². The number of aryl methyl sites for hydroxylation is 2. The van der Waals surface area contributed by atoms with E-state index in [0.717, 1.165) is 5.56 Å². The predicted octanol–water partition coefficient (Wildman–Crippen LogP) is 1.73. The molecular formula is C35H56O16S5. The van der Waals surface area contributed by atoms with Crippen molar-refractivity contribution in [3.05, 3.63) is 65.7 Å². The Kier molecular flexibility index (Phi) is 35.5. The molecule has 322 valence electrons. The molecule has 0 unspecified atom stereocenters. The van der Waals surface area contributed by atoms with Crippen molar-refractivity contribution in [3.63, 3.8) is 0 Å². The molecule has 0 saturated heterocycles. The topological polar surface area (TPSA) is 272 Å². The van der Waals surface area contributed by atoms with E-state index < -0.39 is 77.9 Å². The molecule has 1 saturated carbocycles. The molecule has 0 radical (unpaired) electrons. The van der Waals surface area contributed by atoms with Crippen molar-refractivity contribution in [1.82, 2.24) is 0 Å². The summed E-state index contributed by atoms with van der Waals surface area (Å²) in [5, 5.41) is 51.1. The zero-order valence-corrected chi connectivity index (χ0v) is 35.7. The van der Waals surface area contributed by atoms with E-state index in [1.165, 1.54) is 37.0 Å². The van der Waals surface area contributed by atoms with Gasteiger partial charge in [-0.05, 0) is 26.0 Å². The van der Waals surface area contributed by atoms with Gasteiger partial charge in [0.15, 0.2) is 0 Å². The molecule has 3 rings (SSSR count). The summed E-state index contributed by atoms with van der Waals surface area (Å²) >= 11 is 14.7. The van der Waals surface area contributed by atoms with Crippen molar-refractivity contribution in [3.8, 4) is 0 Å². The first-order valence-corrected chi connectivity index (χ1v) is 20.5. The molecule has 0 spiro atoms. The van der Waals surface area contributed by atoms with Crippen molar-refractivity contribution in [2.24, 2.45) is 10.8 Å². The van der Waals surface area contributed by atoms with Crippen LogP contribution in [0.15, 0.2) is 59.5 Å². The first kappa shape index (κ1) is 57.8. The van der Waals surface area contributed by atoms with Gasteiger partial charge in [0.05, 0.1) is 71.8 Å². The predicted molar refractivity (Wildman–Crippen MR) is 222 cm³/mol. The van der Waals surface area contributed by atoms with Gasteiger partial charge in [0, 0.05) is 0 Å². The highest BCUT2D eigenvalue weighted by Gasteiger charge is 2.35. The van der Waals surface area contributed by atoms with E-state index in [-0.39, 0.29) is 47.7 Å². The quantitative estimate of drug-likeness (QED) is 0.0496. The number of aliphatic carboxylic acids is 1. The van der Waals surface area contributed by atoms with Crippen LogP contribution >= 0.6 is 50.5 Å². The Hall–Kier alpha value is -2.57. The molecule has 7 N–H and O–H groups in total. The minimum absolute atomic E-state index is 0.0666. The van der Waals surface area contributed by atoms with Crippen LogP contribution in [0.3, 0.4) is 0 Å². The van der Waals surface area contributed by atoms with Crippen molar-refractivity contribution in [2.75, 3.05) is 75.9 Å². The van der Waals surface area contributed by atoms with Gasteiger partial charge in [0.25, 0.3) is 10.1 Å². The summed E-state index contributed by atoms with van der Waals surface area (Å²) in [5.41, 5.74) is -0.0737. The van der Waals surface area contributed by atoms with Crippen LogP contribution in [0.1, 0.15) is 30.4 Å². The number of carboxylic acids is 1. The van der Waals surface area contributed by atoms with Gasteiger partial charge >= 0.3 is 23.9 Å². The monoisotopic (exact) mass is 892 g/mol. The number of esters is 3. The average Bonchev–Trinajstić information content (AvgIpc) is 4.10. The molecule has 16 nitrogen and oxygen atoms in total. The number of aliphatic hydroxyl groups excluding tert-OH is 5. The Balaban J connectivity index is -0.000000670. The van der Waals surface area contributed by atoms with Gasteiger partial charge in [0.1, 0.15) is 19.8 Å². The largest absolute Gasteiger partial charge is 0.481 e. The number of ether oxygens (including phenoxy) is 3. The Morgan fingerprint density at radius 1 is 0.571 bits per heavy atom. The fourth-order valence-corrected chi connectivity index (χ4v) is 3.40. The number of carbonyl (C=O) groups excluding carboxylic acids is 3. The highest BCUT2D eigenvalue weighted by Crippen LogP contribution is 2.20. The fraction of sp³-hybridized carbons (Fsp3) is 0.543. The Labute approximate surface area is 350 Å². The molecule has 0 amide bonds. The van der Waals surface area contributed by atoms with E-state index in [1.54, 1.807) is 12.1 Å². The van der Waals surface area contributed by atoms with Gasteiger partial charge in [-0.3, -0.25) is 23.7 Å². The highest BCUT2D eigenvalue weighted by atomic mass is 32.2. The molecule has 56 heavy (non-hydrogen) atoms. The van der Waals surface area contributed by atoms with Crippen LogP contribution in [0.25, 0.3) is 0 Å². The summed E-state index contributed by atoms with van der Waals surface area (Å²) in [6.45, 7) is 0.911. The summed E-state index contributed by atoms with van der Waals surface area (Å²) < 4.78 is 44.2. The molecule has 0 aromatic heterocycles. The van der Waals surface area contributed by atoms with Gasteiger partial charge in [-0.25, -0.2) is 0 Å². The van der Waals surface area contributed by atoms with Crippen molar-refractivity contribution in [2.45, 2.75) is 38.0 Å². The molecule has 0 aliphatic heterocycles. The maximum absolute atomic E-state index is 11.1. The van der Waals surface area contributed by atoms with E-state index in [4.69, 9.17) is 44.3 Å². The van der Waals surface area contributed by atoms with Crippen LogP contribution in [0.4, 0.5) is 0 Å². The van der Waals surface area contributed by atoms with E-state index in [1.807, 2.05) is 25.1 Å². The first-order chi connectivity index (χ1) is 26.3. The molecular weight excluding hydrogens is 837 g/mol. The lowest BCUT2D eigenvalue weighted by molar-refractivity contribution is -0.161. The molecule has 21 heteroatoms. The number of aliphatic hydroxyl groups is 5. The second-order valence-electron chi connectivity index (χ2n) is 11.8. The molecule has 0 heterocycles. The standard InChI is InChI=1S/C11H18O7S3.C7H8O3S.C7H8.C5H12O4.C3H6.C2H4O2S/c12-4-11(5-16-8(13)1-19,6-17-9(14)2-20)7-18-10(15)3-21;1-6-2-4-7(5-3-6)11(8,9)10;1-7-5-3-2-4-6-7;6-1-5(2-7,3-8)4-9;1-2-3-1;3-2(4)1-5/h12,19-21H,1-7H2;2-5H,1H3,(H,8,9,10);2-6H,1H3;6-9H,1-4H2;1-3H2;5H,1H2,(H,3,4). The van der Waals surface area contributed by atoms with Crippen LogP contribution in [-0.2, 0) is 43.5 Å². The van der Waals surface area contributed by atoms with E-state index in [0.29, 0.717) is 0 Å². The van der Waals surface area contributed by atoms with Crippen LogP contribution < -0.4 is 0 Å². The second-order valence-corrected chi connectivity index (χ2v) is 14.5. The second kappa shape index (κ2) is 34.5. The van der Waals surface area contributed by atoms with Crippen LogP contribution in [0, 0.1) is 24.7 Å². The lowest BCUT2D eigenvalue weighted by Crippen LogP contribution is -2.43. The van der Waals surface area contributed by atoms with Crippen molar-refractivity contribution >= 4 is 84.5 Å². The maximum Gasteiger partial charge on any atom is 0.315 e. The Bertz CT molecular complexity index is 1370. The number of carbonyl (C=O) groups is 4. The summed E-state index contributed by atoms with van der Waals surface area (Å²) in [6.07, 6.45) is 4.50. The van der Waals surface area contributed by atoms with Crippen molar-refractivity contribution < 1.29 is 77.0 Å². The van der Waals surface area contributed by atoms with E-state index >= 15 is 0 Å². The molecule has 2 aromatic carbocycles. The van der Waals surface area contributed by atoms with E-state index in [2.05, 4.69) is 69.6 Å². The number of benzene rings is 2.